The summed E-state index contributed by atoms with van der Waals surface area (Å²) in [6, 6.07) is 6.21. The maximum Gasteiger partial charge on any atom is 0.317 e. The summed E-state index contributed by atoms with van der Waals surface area (Å²) in [5.74, 6) is -0.809. The molecule has 3 nitrogen and oxygen atoms in total. The minimum Gasteiger partial charge on any atom is -0.480 e. The molecule has 0 aromatic heterocycles. The lowest BCUT2D eigenvalue weighted by atomic mass is 10.0. The molecule has 0 aliphatic rings. The summed E-state index contributed by atoms with van der Waals surface area (Å²) in [6.45, 7) is 4.90. The molecule has 0 unspecified atom stereocenters. The van der Waals surface area contributed by atoms with Gasteiger partial charge in [0, 0.05) is 0 Å². The van der Waals surface area contributed by atoms with Crippen LogP contribution in [0.4, 0.5) is 0 Å². The Hall–Kier alpha value is -1.35. The first-order valence-electron chi connectivity index (χ1n) is 5.09. The van der Waals surface area contributed by atoms with Crippen molar-refractivity contribution in [2.75, 3.05) is 13.1 Å². The van der Waals surface area contributed by atoms with E-state index in [0.717, 1.165) is 6.42 Å². The van der Waals surface area contributed by atoms with E-state index in [1.165, 1.54) is 16.7 Å². The van der Waals surface area contributed by atoms with Crippen molar-refractivity contribution in [2.24, 2.45) is 0 Å². The van der Waals surface area contributed by atoms with Crippen molar-refractivity contribution >= 4 is 5.97 Å². The molecule has 0 heterocycles. The number of aliphatic carboxylic acids is 1. The topological polar surface area (TPSA) is 49.3 Å². The largest absolute Gasteiger partial charge is 0.480 e. The van der Waals surface area contributed by atoms with Gasteiger partial charge in [0.15, 0.2) is 0 Å². The van der Waals surface area contributed by atoms with Crippen LogP contribution in [0.3, 0.4) is 0 Å². The molecule has 0 fully saturated rings. The molecular weight excluding hydrogens is 190 g/mol. The number of aryl methyl sites for hydroxylation is 2. The average molecular weight is 207 g/mol. The van der Waals surface area contributed by atoms with Gasteiger partial charge in [0.1, 0.15) is 0 Å². The SMILES string of the molecule is Cc1cccc(C)c1CCNCC(=O)O. The standard InChI is InChI=1S/C12H17NO2/c1-9-4-3-5-10(2)11(9)6-7-13-8-12(14)15/h3-5,13H,6-8H2,1-2H3,(H,14,15). The van der Waals surface area contributed by atoms with Gasteiger partial charge >= 0.3 is 5.97 Å². The fourth-order valence-corrected chi connectivity index (χ4v) is 1.65. The number of benzene rings is 1. The predicted octanol–water partition coefficient (Wildman–Crippen LogP) is 1.52. The second-order valence-electron chi connectivity index (χ2n) is 3.69. The van der Waals surface area contributed by atoms with Gasteiger partial charge in [-0.3, -0.25) is 4.79 Å². The molecule has 0 radical (unpaired) electrons. The quantitative estimate of drug-likeness (QED) is 0.720. The molecule has 0 aliphatic carbocycles. The lowest BCUT2D eigenvalue weighted by Gasteiger charge is -2.09. The van der Waals surface area contributed by atoms with Crippen LogP contribution < -0.4 is 5.32 Å². The molecule has 0 atom stereocenters. The maximum absolute atomic E-state index is 10.3. The minimum absolute atomic E-state index is 0.0327. The van der Waals surface area contributed by atoms with E-state index < -0.39 is 5.97 Å². The zero-order chi connectivity index (χ0) is 11.3. The lowest BCUT2D eigenvalue weighted by molar-refractivity contribution is -0.135. The van der Waals surface area contributed by atoms with E-state index in [4.69, 9.17) is 5.11 Å². The van der Waals surface area contributed by atoms with Gasteiger partial charge in [-0.2, -0.15) is 0 Å². The third kappa shape index (κ3) is 3.72. The first-order chi connectivity index (χ1) is 7.11. The normalized spacial score (nSPS) is 10.3. The van der Waals surface area contributed by atoms with Crippen LogP contribution in [0, 0.1) is 13.8 Å². The minimum atomic E-state index is -0.809. The Kier molecular flexibility index (Phi) is 4.31. The van der Waals surface area contributed by atoms with E-state index >= 15 is 0 Å². The highest BCUT2D eigenvalue weighted by molar-refractivity contribution is 5.68. The highest BCUT2D eigenvalue weighted by atomic mass is 16.4. The van der Waals surface area contributed by atoms with Crippen molar-refractivity contribution in [1.29, 1.82) is 0 Å². The summed E-state index contributed by atoms with van der Waals surface area (Å²) in [6.07, 6.45) is 0.881. The van der Waals surface area contributed by atoms with Crippen LogP contribution in [0.5, 0.6) is 0 Å². The number of hydrogen-bond donors (Lipinski definition) is 2. The van der Waals surface area contributed by atoms with E-state index in [1.54, 1.807) is 0 Å². The van der Waals surface area contributed by atoms with Crippen molar-refractivity contribution in [3.8, 4) is 0 Å². The summed E-state index contributed by atoms with van der Waals surface area (Å²) < 4.78 is 0. The number of carbonyl (C=O) groups is 1. The van der Waals surface area contributed by atoms with Gasteiger partial charge in [-0.25, -0.2) is 0 Å². The van der Waals surface area contributed by atoms with Crippen molar-refractivity contribution in [3.63, 3.8) is 0 Å². The average Bonchev–Trinajstić information content (AvgIpc) is 2.15. The number of carboxylic acid groups (broad SMARTS) is 1. The highest BCUT2D eigenvalue weighted by Crippen LogP contribution is 2.13. The van der Waals surface area contributed by atoms with Crippen molar-refractivity contribution in [3.05, 3.63) is 34.9 Å². The van der Waals surface area contributed by atoms with E-state index in [1.807, 2.05) is 6.07 Å². The van der Waals surface area contributed by atoms with Gasteiger partial charge in [0.2, 0.25) is 0 Å². The molecule has 15 heavy (non-hydrogen) atoms. The number of hydrogen-bond acceptors (Lipinski definition) is 2. The van der Waals surface area contributed by atoms with Gasteiger partial charge < -0.3 is 10.4 Å². The molecule has 82 valence electrons. The summed E-state index contributed by atoms with van der Waals surface area (Å²) in [4.78, 5) is 10.3. The van der Waals surface area contributed by atoms with Crippen molar-refractivity contribution in [2.45, 2.75) is 20.3 Å². The Balaban J connectivity index is 2.47. The van der Waals surface area contributed by atoms with Crippen LogP contribution in [0.2, 0.25) is 0 Å². The second-order valence-corrected chi connectivity index (χ2v) is 3.69. The number of nitrogens with one attached hydrogen (secondary N) is 1. The molecule has 0 bridgehead atoms. The van der Waals surface area contributed by atoms with E-state index in [9.17, 15) is 4.79 Å². The van der Waals surface area contributed by atoms with Crippen LogP contribution in [-0.2, 0) is 11.2 Å². The van der Waals surface area contributed by atoms with Gasteiger partial charge in [0.05, 0.1) is 6.54 Å². The molecule has 0 spiro atoms. The van der Waals surface area contributed by atoms with Gasteiger partial charge in [-0.15, -0.1) is 0 Å². The summed E-state index contributed by atoms with van der Waals surface area (Å²) in [5.41, 5.74) is 3.86. The van der Waals surface area contributed by atoms with E-state index in [0.29, 0.717) is 6.54 Å². The van der Waals surface area contributed by atoms with Crippen LogP contribution in [0.15, 0.2) is 18.2 Å². The van der Waals surface area contributed by atoms with Gasteiger partial charge in [0.25, 0.3) is 0 Å². The molecule has 2 N–H and O–H groups in total. The van der Waals surface area contributed by atoms with Crippen LogP contribution >= 0.6 is 0 Å². The fraction of sp³-hybridized carbons (Fsp3) is 0.417. The van der Waals surface area contributed by atoms with Gasteiger partial charge in [-0.1, -0.05) is 18.2 Å². The molecule has 0 saturated carbocycles. The molecule has 0 saturated heterocycles. The molecule has 1 aromatic carbocycles. The Labute approximate surface area is 90.1 Å². The molecule has 0 amide bonds. The van der Waals surface area contributed by atoms with Gasteiger partial charge in [-0.05, 0) is 43.5 Å². The maximum atomic E-state index is 10.3. The van der Waals surface area contributed by atoms with Crippen LogP contribution in [-0.4, -0.2) is 24.2 Å². The molecule has 3 heteroatoms. The van der Waals surface area contributed by atoms with Crippen molar-refractivity contribution in [1.82, 2.24) is 5.32 Å². The molecule has 0 aliphatic heterocycles. The number of rotatable bonds is 5. The first kappa shape index (κ1) is 11.7. The predicted molar refractivity (Wildman–Crippen MR) is 60.1 cm³/mol. The third-order valence-electron chi connectivity index (χ3n) is 2.47. The van der Waals surface area contributed by atoms with E-state index in [-0.39, 0.29) is 6.54 Å². The fourth-order valence-electron chi connectivity index (χ4n) is 1.65. The monoisotopic (exact) mass is 207 g/mol. The van der Waals surface area contributed by atoms with Crippen LogP contribution in [0.25, 0.3) is 0 Å². The Morgan fingerprint density at radius 1 is 1.33 bits per heavy atom. The molecular formula is C12H17NO2. The highest BCUT2D eigenvalue weighted by Gasteiger charge is 2.02. The summed E-state index contributed by atoms with van der Waals surface area (Å²) in [7, 11) is 0. The zero-order valence-corrected chi connectivity index (χ0v) is 9.21. The summed E-state index contributed by atoms with van der Waals surface area (Å²) in [5, 5.41) is 11.3. The molecule has 1 rings (SSSR count). The Morgan fingerprint density at radius 3 is 2.47 bits per heavy atom. The lowest BCUT2D eigenvalue weighted by Crippen LogP contribution is -2.24. The smallest absolute Gasteiger partial charge is 0.317 e. The first-order valence-corrected chi connectivity index (χ1v) is 5.09. The molecule has 1 aromatic rings. The Morgan fingerprint density at radius 2 is 1.93 bits per heavy atom. The second kappa shape index (κ2) is 5.51. The number of carboxylic acids is 1. The van der Waals surface area contributed by atoms with Crippen LogP contribution in [0.1, 0.15) is 16.7 Å². The zero-order valence-electron chi connectivity index (χ0n) is 9.21. The van der Waals surface area contributed by atoms with E-state index in [2.05, 4.69) is 31.3 Å². The Bertz CT molecular complexity index is 327. The third-order valence-corrected chi connectivity index (χ3v) is 2.47. The van der Waals surface area contributed by atoms with Crippen molar-refractivity contribution < 1.29 is 9.90 Å². The summed E-state index contributed by atoms with van der Waals surface area (Å²) >= 11 is 0.